The topological polar surface area (TPSA) is 119 Å². The van der Waals surface area contributed by atoms with Crippen molar-refractivity contribution in [2.45, 2.75) is 32.4 Å². The van der Waals surface area contributed by atoms with Gasteiger partial charge in [-0.2, -0.15) is 0 Å². The number of hydrogen-bond acceptors (Lipinski definition) is 4. The molecule has 0 rings (SSSR count). The lowest BCUT2D eigenvalue weighted by Crippen LogP contribution is -2.52. The van der Waals surface area contributed by atoms with Crippen molar-refractivity contribution in [1.82, 2.24) is 15.5 Å². The van der Waals surface area contributed by atoms with Gasteiger partial charge in [0.1, 0.15) is 6.54 Å². The summed E-state index contributed by atoms with van der Waals surface area (Å²) in [4.78, 5) is 34.8. The quantitative estimate of drug-likeness (QED) is 0.474. The molecule has 0 saturated carbocycles. The number of aliphatic hydroxyl groups is 1. The van der Waals surface area contributed by atoms with Crippen LogP contribution in [0.3, 0.4) is 0 Å². The van der Waals surface area contributed by atoms with Gasteiger partial charge in [0, 0.05) is 13.6 Å². The summed E-state index contributed by atoms with van der Waals surface area (Å²) in [7, 11) is 1.36. The zero-order valence-electron chi connectivity index (χ0n) is 11.3. The molecule has 2 unspecified atom stereocenters. The van der Waals surface area contributed by atoms with Crippen molar-refractivity contribution in [2.75, 3.05) is 20.1 Å². The zero-order chi connectivity index (χ0) is 15.0. The molecule has 0 aromatic rings. The minimum Gasteiger partial charge on any atom is -0.480 e. The van der Waals surface area contributed by atoms with Gasteiger partial charge in [0.25, 0.3) is 0 Å². The number of urea groups is 1. The first kappa shape index (κ1) is 17.2. The minimum atomic E-state index is -1.41. The van der Waals surface area contributed by atoms with Crippen LogP contribution in [0.1, 0.15) is 20.3 Å². The summed E-state index contributed by atoms with van der Waals surface area (Å²) >= 11 is 0. The molecule has 0 saturated heterocycles. The molecule has 0 radical (unpaired) electrons. The number of rotatable bonds is 7. The third-order valence-electron chi connectivity index (χ3n) is 2.33. The van der Waals surface area contributed by atoms with Crippen LogP contribution < -0.4 is 10.6 Å². The van der Waals surface area contributed by atoms with Crippen LogP contribution in [0.2, 0.25) is 0 Å². The molecule has 0 aliphatic heterocycles. The summed E-state index contributed by atoms with van der Waals surface area (Å²) in [6.45, 7) is 3.49. The lowest BCUT2D eigenvalue weighted by molar-refractivity contribution is -0.141. The Hall–Kier alpha value is -1.83. The van der Waals surface area contributed by atoms with E-state index in [1.54, 1.807) is 0 Å². The maximum Gasteiger partial charge on any atom is 0.328 e. The third kappa shape index (κ3) is 6.61. The van der Waals surface area contributed by atoms with Crippen LogP contribution in [0.25, 0.3) is 0 Å². The zero-order valence-corrected chi connectivity index (χ0v) is 11.3. The number of carbonyl (C=O) groups excluding carboxylic acids is 2. The molecule has 110 valence electrons. The highest BCUT2D eigenvalue weighted by atomic mass is 16.4. The van der Waals surface area contributed by atoms with E-state index in [-0.39, 0.29) is 12.5 Å². The number of carboxylic acid groups (broad SMARTS) is 1. The number of carbonyl (C=O) groups is 3. The Labute approximate surface area is 111 Å². The first-order valence-electron chi connectivity index (χ1n) is 5.98. The lowest BCUT2D eigenvalue weighted by Gasteiger charge is -2.22. The summed E-state index contributed by atoms with van der Waals surface area (Å²) in [6.07, 6.45) is -0.450. The maximum absolute atomic E-state index is 11.6. The van der Waals surface area contributed by atoms with E-state index in [0.29, 0.717) is 6.54 Å². The minimum absolute atomic E-state index is 0.183. The number of hydrogen-bond donors (Lipinski definition) is 4. The molecule has 4 N–H and O–H groups in total. The first-order valence-corrected chi connectivity index (χ1v) is 5.98. The Morgan fingerprint density at radius 3 is 2.32 bits per heavy atom. The lowest BCUT2D eigenvalue weighted by atomic mass is 10.2. The molecule has 0 aliphatic carbocycles. The molecular formula is C11H21N3O5. The van der Waals surface area contributed by atoms with Crippen LogP contribution in [0, 0.1) is 0 Å². The highest BCUT2D eigenvalue weighted by Gasteiger charge is 2.26. The number of nitrogens with one attached hydrogen (secondary N) is 2. The Bertz CT molecular complexity index is 332. The van der Waals surface area contributed by atoms with Gasteiger partial charge in [-0.25, -0.2) is 9.59 Å². The monoisotopic (exact) mass is 275 g/mol. The molecule has 0 heterocycles. The highest BCUT2D eigenvalue weighted by molar-refractivity contribution is 5.86. The van der Waals surface area contributed by atoms with Crippen molar-refractivity contribution in [1.29, 1.82) is 0 Å². The van der Waals surface area contributed by atoms with Gasteiger partial charge >= 0.3 is 12.0 Å². The normalized spacial score (nSPS) is 13.3. The smallest absolute Gasteiger partial charge is 0.328 e. The van der Waals surface area contributed by atoms with E-state index in [4.69, 9.17) is 5.11 Å². The number of amides is 3. The van der Waals surface area contributed by atoms with Gasteiger partial charge in [0.15, 0.2) is 6.04 Å². The fourth-order valence-corrected chi connectivity index (χ4v) is 1.24. The summed E-state index contributed by atoms with van der Waals surface area (Å²) in [6, 6.07) is -2.14. The SMILES string of the molecule is CCCNC(=O)CN(C)C(=O)NC(C(=O)O)C(C)O. The van der Waals surface area contributed by atoms with Crippen LogP contribution in [0.15, 0.2) is 0 Å². The third-order valence-corrected chi connectivity index (χ3v) is 2.33. The van der Waals surface area contributed by atoms with Gasteiger partial charge < -0.3 is 25.7 Å². The average Bonchev–Trinajstić information content (AvgIpc) is 2.31. The summed E-state index contributed by atoms with van der Waals surface area (Å²) < 4.78 is 0. The van der Waals surface area contributed by atoms with Crippen LogP contribution in [-0.2, 0) is 9.59 Å². The second-order valence-corrected chi connectivity index (χ2v) is 4.21. The predicted molar refractivity (Wildman–Crippen MR) is 67.6 cm³/mol. The summed E-state index contributed by atoms with van der Waals surface area (Å²) in [5.74, 6) is -1.67. The van der Waals surface area contributed by atoms with Crippen LogP contribution in [-0.4, -0.2) is 65.3 Å². The van der Waals surface area contributed by atoms with Gasteiger partial charge in [-0.05, 0) is 13.3 Å². The molecule has 0 aromatic heterocycles. The van der Waals surface area contributed by atoms with Crippen molar-refractivity contribution < 1.29 is 24.6 Å². The Morgan fingerprint density at radius 1 is 1.32 bits per heavy atom. The van der Waals surface area contributed by atoms with Crippen LogP contribution in [0.5, 0.6) is 0 Å². The summed E-state index contributed by atoms with van der Waals surface area (Å²) in [5, 5.41) is 22.7. The molecule has 0 bridgehead atoms. The fourth-order valence-electron chi connectivity index (χ4n) is 1.24. The van der Waals surface area contributed by atoms with E-state index in [9.17, 15) is 19.5 Å². The second kappa shape index (κ2) is 8.30. The van der Waals surface area contributed by atoms with E-state index >= 15 is 0 Å². The van der Waals surface area contributed by atoms with E-state index in [2.05, 4.69) is 10.6 Å². The molecule has 2 atom stereocenters. The first-order chi connectivity index (χ1) is 8.79. The Morgan fingerprint density at radius 2 is 1.89 bits per heavy atom. The molecular weight excluding hydrogens is 254 g/mol. The van der Waals surface area contributed by atoms with E-state index in [1.807, 2.05) is 6.92 Å². The number of likely N-dealkylation sites (N-methyl/N-ethyl adjacent to an activating group) is 1. The van der Waals surface area contributed by atoms with Crippen molar-refractivity contribution >= 4 is 17.9 Å². The molecule has 19 heavy (non-hydrogen) atoms. The Balaban J connectivity index is 4.33. The van der Waals surface area contributed by atoms with E-state index in [0.717, 1.165) is 11.3 Å². The molecule has 3 amide bonds. The fraction of sp³-hybridized carbons (Fsp3) is 0.727. The van der Waals surface area contributed by atoms with Crippen LogP contribution in [0.4, 0.5) is 4.79 Å². The van der Waals surface area contributed by atoms with E-state index in [1.165, 1.54) is 14.0 Å². The van der Waals surface area contributed by atoms with Crippen LogP contribution >= 0.6 is 0 Å². The Kier molecular flexibility index (Phi) is 7.50. The highest BCUT2D eigenvalue weighted by Crippen LogP contribution is 1.95. The van der Waals surface area contributed by atoms with Crippen molar-refractivity contribution in [3.05, 3.63) is 0 Å². The number of nitrogens with zero attached hydrogens (tertiary/aromatic N) is 1. The average molecular weight is 275 g/mol. The van der Waals surface area contributed by atoms with Gasteiger partial charge in [-0.1, -0.05) is 6.92 Å². The standard InChI is InChI=1S/C11H21N3O5/c1-4-5-12-8(16)6-14(3)11(19)13-9(7(2)15)10(17)18/h7,9,15H,4-6H2,1-3H3,(H,12,16)(H,13,19)(H,17,18). The van der Waals surface area contributed by atoms with E-state index < -0.39 is 24.1 Å². The molecule has 0 aromatic carbocycles. The molecule has 0 aliphatic rings. The largest absolute Gasteiger partial charge is 0.480 e. The molecule has 0 spiro atoms. The van der Waals surface area contributed by atoms with Gasteiger partial charge in [0.05, 0.1) is 6.10 Å². The van der Waals surface area contributed by atoms with Gasteiger partial charge in [-0.15, -0.1) is 0 Å². The predicted octanol–water partition coefficient (Wildman–Crippen LogP) is -1.01. The summed E-state index contributed by atoms with van der Waals surface area (Å²) in [5.41, 5.74) is 0. The molecule has 0 fully saturated rings. The van der Waals surface area contributed by atoms with Crippen molar-refractivity contribution in [3.63, 3.8) is 0 Å². The second-order valence-electron chi connectivity index (χ2n) is 4.21. The van der Waals surface area contributed by atoms with Crippen molar-refractivity contribution in [3.8, 4) is 0 Å². The maximum atomic E-state index is 11.6. The van der Waals surface area contributed by atoms with Gasteiger partial charge in [0.2, 0.25) is 5.91 Å². The number of carboxylic acids is 1. The number of aliphatic hydroxyl groups excluding tert-OH is 1. The van der Waals surface area contributed by atoms with Gasteiger partial charge in [-0.3, -0.25) is 4.79 Å². The molecule has 8 heteroatoms. The number of aliphatic carboxylic acids is 1. The van der Waals surface area contributed by atoms with Crippen molar-refractivity contribution in [2.24, 2.45) is 0 Å². The molecule has 8 nitrogen and oxygen atoms in total.